The van der Waals surface area contributed by atoms with Gasteiger partial charge in [0.05, 0.1) is 12.8 Å². The highest BCUT2D eigenvalue weighted by atomic mass is 79.9. The van der Waals surface area contributed by atoms with Crippen molar-refractivity contribution in [2.45, 2.75) is 31.5 Å². The summed E-state index contributed by atoms with van der Waals surface area (Å²) in [5.74, 6) is -0.540. The molecule has 1 unspecified atom stereocenters. The van der Waals surface area contributed by atoms with E-state index in [4.69, 9.17) is 4.74 Å². The van der Waals surface area contributed by atoms with E-state index < -0.39 is 22.7 Å². The number of ether oxygens (including phenoxy) is 1. The Kier molecular flexibility index (Phi) is 6.53. The van der Waals surface area contributed by atoms with E-state index in [0.29, 0.717) is 6.61 Å². The molecule has 0 radical (unpaired) electrons. The number of esters is 1. The van der Waals surface area contributed by atoms with E-state index in [-0.39, 0.29) is 16.2 Å². The van der Waals surface area contributed by atoms with Crippen LogP contribution < -0.4 is 5.56 Å². The van der Waals surface area contributed by atoms with Crippen molar-refractivity contribution in [1.82, 2.24) is 9.55 Å². The topological polar surface area (TPSA) is 84.2 Å². The summed E-state index contributed by atoms with van der Waals surface area (Å²) in [6, 6.07) is 0. The van der Waals surface area contributed by atoms with Crippen molar-refractivity contribution in [3.8, 4) is 0 Å². The quantitative estimate of drug-likeness (QED) is 0.332. The smallest absolute Gasteiger partial charge is 0.326 e. The Hall–Kier alpha value is -0.860. The second-order valence-corrected chi connectivity index (χ2v) is 5.94. The van der Waals surface area contributed by atoms with Crippen molar-refractivity contribution in [3.63, 3.8) is 0 Å². The molecule has 0 spiro atoms. The number of rotatable bonds is 6. The highest BCUT2D eigenvalue weighted by molar-refractivity contribution is 9.10. The zero-order valence-electron chi connectivity index (χ0n) is 10.7. The lowest BCUT2D eigenvalue weighted by Crippen LogP contribution is -2.31. The summed E-state index contributed by atoms with van der Waals surface area (Å²) in [5, 5.41) is 0.0561. The fourth-order valence-electron chi connectivity index (χ4n) is 1.33. The molecule has 0 saturated heterocycles. The molecule has 0 bridgehead atoms. The summed E-state index contributed by atoms with van der Waals surface area (Å²) in [6.45, 7) is 2.01. The fraction of sp³-hybridized carbons (Fsp3) is 0.545. The third kappa shape index (κ3) is 4.63. The fourth-order valence-corrected chi connectivity index (χ4v) is 2.30. The Morgan fingerprint density at radius 3 is 2.89 bits per heavy atom. The molecule has 0 aliphatic heterocycles. The lowest BCUT2D eigenvalue weighted by molar-refractivity contribution is -0.144. The number of hydrogen-bond donors (Lipinski definition) is 0. The van der Waals surface area contributed by atoms with Crippen LogP contribution in [-0.2, 0) is 27.3 Å². The van der Waals surface area contributed by atoms with Gasteiger partial charge in [-0.2, -0.15) is 4.98 Å². The van der Waals surface area contributed by atoms with Gasteiger partial charge in [-0.3, -0.25) is 9.59 Å². The van der Waals surface area contributed by atoms with Crippen LogP contribution >= 0.6 is 15.9 Å². The first-order valence-electron chi connectivity index (χ1n) is 5.71. The molecule has 1 rings (SSSR count). The van der Waals surface area contributed by atoms with Gasteiger partial charge in [-0.05, 0) is 22.4 Å². The van der Waals surface area contributed by atoms with Crippen molar-refractivity contribution >= 4 is 33.1 Å². The standard InChI is InChI=1S/C11H15BrN2O4S/c1-3-4-5-18-9(15)7-14-10(16)8(12)6-13-11(14)19(2)17/h6H,3-5,7H2,1-2H3. The molecule has 0 fully saturated rings. The third-order valence-electron chi connectivity index (χ3n) is 2.27. The van der Waals surface area contributed by atoms with Crippen LogP contribution in [-0.4, -0.2) is 32.9 Å². The monoisotopic (exact) mass is 350 g/mol. The van der Waals surface area contributed by atoms with Crippen LogP contribution in [0.2, 0.25) is 0 Å². The molecule has 0 saturated carbocycles. The SMILES string of the molecule is CCCCOC(=O)Cn1c([S+](C)[O-])ncc(Br)c1=O. The Labute approximate surface area is 122 Å². The summed E-state index contributed by atoms with van der Waals surface area (Å²) in [6.07, 6.45) is 4.35. The maximum Gasteiger partial charge on any atom is 0.326 e. The molecule has 0 N–H and O–H groups in total. The molecule has 1 aromatic heterocycles. The van der Waals surface area contributed by atoms with E-state index >= 15 is 0 Å². The molecule has 0 aromatic carbocycles. The van der Waals surface area contributed by atoms with Crippen LogP contribution in [0.25, 0.3) is 0 Å². The predicted octanol–water partition coefficient (Wildman–Crippen LogP) is 1.09. The van der Waals surface area contributed by atoms with Gasteiger partial charge in [0.1, 0.15) is 17.3 Å². The number of unbranched alkanes of at least 4 members (excludes halogenated alkanes) is 1. The summed E-state index contributed by atoms with van der Waals surface area (Å²) in [7, 11) is 0. The summed E-state index contributed by atoms with van der Waals surface area (Å²) in [5.41, 5.74) is -0.451. The van der Waals surface area contributed by atoms with E-state index in [0.717, 1.165) is 17.4 Å². The zero-order chi connectivity index (χ0) is 14.4. The first-order valence-corrected chi connectivity index (χ1v) is 8.06. The summed E-state index contributed by atoms with van der Waals surface area (Å²) < 4.78 is 17.7. The molecule has 1 aromatic rings. The van der Waals surface area contributed by atoms with Crippen LogP contribution in [0, 0.1) is 0 Å². The van der Waals surface area contributed by atoms with Crippen molar-refractivity contribution in [3.05, 3.63) is 21.0 Å². The van der Waals surface area contributed by atoms with Crippen molar-refractivity contribution in [2.24, 2.45) is 0 Å². The number of carbonyl (C=O) groups is 1. The zero-order valence-corrected chi connectivity index (χ0v) is 13.1. The minimum atomic E-state index is -1.46. The molecule has 0 aliphatic carbocycles. The van der Waals surface area contributed by atoms with Gasteiger partial charge in [-0.15, -0.1) is 0 Å². The molecule has 0 aliphatic rings. The van der Waals surface area contributed by atoms with E-state index in [1.165, 1.54) is 12.5 Å². The second kappa shape index (κ2) is 7.66. The Balaban J connectivity index is 2.90. The van der Waals surface area contributed by atoms with Crippen LogP contribution in [0.5, 0.6) is 0 Å². The van der Waals surface area contributed by atoms with Crippen molar-refractivity contribution in [2.75, 3.05) is 12.9 Å². The number of aromatic nitrogens is 2. The van der Waals surface area contributed by atoms with Crippen molar-refractivity contribution in [1.29, 1.82) is 0 Å². The molecular weight excluding hydrogens is 336 g/mol. The van der Waals surface area contributed by atoms with Gasteiger partial charge in [-0.25, -0.2) is 4.57 Å². The number of halogens is 1. The van der Waals surface area contributed by atoms with Gasteiger partial charge in [0.25, 0.3) is 5.56 Å². The maximum atomic E-state index is 11.9. The average molecular weight is 351 g/mol. The maximum absolute atomic E-state index is 11.9. The van der Waals surface area contributed by atoms with E-state index in [1.54, 1.807) is 0 Å². The molecule has 106 valence electrons. The Bertz CT molecular complexity index is 504. The van der Waals surface area contributed by atoms with Gasteiger partial charge < -0.3 is 9.29 Å². The Morgan fingerprint density at radius 2 is 2.32 bits per heavy atom. The number of carbonyl (C=O) groups excluding carboxylic acids is 1. The molecule has 8 heteroatoms. The molecule has 0 amide bonds. The summed E-state index contributed by atoms with van der Waals surface area (Å²) in [4.78, 5) is 27.4. The number of hydrogen-bond acceptors (Lipinski definition) is 5. The lowest BCUT2D eigenvalue weighted by Gasteiger charge is -2.11. The van der Waals surface area contributed by atoms with Gasteiger partial charge in [-0.1, -0.05) is 13.3 Å². The third-order valence-corrected chi connectivity index (χ3v) is 3.66. The first kappa shape index (κ1) is 16.2. The molecule has 1 atom stereocenters. The van der Waals surface area contributed by atoms with E-state index in [2.05, 4.69) is 20.9 Å². The predicted molar refractivity (Wildman–Crippen MR) is 74.4 cm³/mol. The highest BCUT2D eigenvalue weighted by Crippen LogP contribution is 2.07. The van der Waals surface area contributed by atoms with Crippen molar-refractivity contribution < 1.29 is 14.1 Å². The first-order chi connectivity index (χ1) is 8.97. The molecular formula is C11H15BrN2O4S. The molecule has 19 heavy (non-hydrogen) atoms. The largest absolute Gasteiger partial charge is 0.609 e. The lowest BCUT2D eigenvalue weighted by atomic mass is 10.4. The van der Waals surface area contributed by atoms with Gasteiger partial charge in [0.2, 0.25) is 0 Å². The van der Waals surface area contributed by atoms with Gasteiger partial charge in [0, 0.05) is 11.2 Å². The van der Waals surface area contributed by atoms with E-state index in [9.17, 15) is 14.1 Å². The minimum Gasteiger partial charge on any atom is -0.609 e. The Morgan fingerprint density at radius 1 is 1.63 bits per heavy atom. The molecule has 6 nitrogen and oxygen atoms in total. The summed E-state index contributed by atoms with van der Waals surface area (Å²) >= 11 is 1.58. The normalized spacial score (nSPS) is 12.2. The average Bonchev–Trinajstić information content (AvgIpc) is 2.35. The second-order valence-electron chi connectivity index (χ2n) is 3.81. The van der Waals surface area contributed by atoms with Gasteiger partial charge >= 0.3 is 11.1 Å². The van der Waals surface area contributed by atoms with Crippen LogP contribution in [0.3, 0.4) is 0 Å². The van der Waals surface area contributed by atoms with Crippen LogP contribution in [0.1, 0.15) is 19.8 Å². The van der Waals surface area contributed by atoms with Crippen LogP contribution in [0.4, 0.5) is 0 Å². The van der Waals surface area contributed by atoms with E-state index in [1.807, 2.05) is 6.92 Å². The van der Waals surface area contributed by atoms with Crippen LogP contribution in [0.15, 0.2) is 20.6 Å². The van der Waals surface area contributed by atoms with Gasteiger partial charge in [0.15, 0.2) is 0 Å². The minimum absolute atomic E-state index is 0.0561. The number of nitrogens with zero attached hydrogens (tertiary/aromatic N) is 2. The molecule has 1 heterocycles. The highest BCUT2D eigenvalue weighted by Gasteiger charge is 2.19.